The lowest BCUT2D eigenvalue weighted by atomic mass is 9.99. The maximum atomic E-state index is 5.81. The summed E-state index contributed by atoms with van der Waals surface area (Å²) in [5.41, 5.74) is 2.56. The van der Waals surface area contributed by atoms with Gasteiger partial charge in [-0.05, 0) is 43.9 Å². The molecule has 0 aromatic heterocycles. The Hall–Kier alpha value is -1.18. The zero-order valence-corrected chi connectivity index (χ0v) is 11.2. The normalized spacial score (nSPS) is 18.1. The number of benzene rings is 1. The lowest BCUT2D eigenvalue weighted by molar-refractivity contribution is 0.254. The molecule has 2 nitrogen and oxygen atoms in total. The molecular formula is C15H22O2. The number of hydrogen-bond donors (Lipinski definition) is 0. The van der Waals surface area contributed by atoms with Crippen molar-refractivity contribution in [1.82, 2.24) is 0 Å². The van der Waals surface area contributed by atoms with Crippen LogP contribution in [0.2, 0.25) is 0 Å². The summed E-state index contributed by atoms with van der Waals surface area (Å²) in [6, 6.07) is 4.34. The third-order valence-electron chi connectivity index (χ3n) is 3.01. The van der Waals surface area contributed by atoms with E-state index in [-0.39, 0.29) is 0 Å². The first kappa shape index (κ1) is 12.3. The second kappa shape index (κ2) is 4.99. The van der Waals surface area contributed by atoms with Gasteiger partial charge in [-0.3, -0.25) is 0 Å². The van der Waals surface area contributed by atoms with Gasteiger partial charge in [0, 0.05) is 12.0 Å². The van der Waals surface area contributed by atoms with Gasteiger partial charge in [0.15, 0.2) is 0 Å². The zero-order valence-electron chi connectivity index (χ0n) is 11.2. The van der Waals surface area contributed by atoms with Gasteiger partial charge < -0.3 is 9.47 Å². The summed E-state index contributed by atoms with van der Waals surface area (Å²) in [4.78, 5) is 0. The van der Waals surface area contributed by atoms with Crippen LogP contribution in [0.3, 0.4) is 0 Å². The van der Waals surface area contributed by atoms with E-state index in [0.717, 1.165) is 30.9 Å². The highest BCUT2D eigenvalue weighted by Gasteiger charge is 2.21. The minimum atomic E-state index is 0.300. The second-order valence-corrected chi connectivity index (χ2v) is 5.23. The van der Waals surface area contributed by atoms with E-state index in [0.29, 0.717) is 12.0 Å². The van der Waals surface area contributed by atoms with Gasteiger partial charge in [0.1, 0.15) is 17.6 Å². The molecule has 0 aliphatic carbocycles. The van der Waals surface area contributed by atoms with Crippen molar-refractivity contribution < 1.29 is 9.47 Å². The van der Waals surface area contributed by atoms with Gasteiger partial charge in [0.2, 0.25) is 0 Å². The number of hydrogen-bond acceptors (Lipinski definition) is 2. The first-order chi connectivity index (χ1) is 8.10. The van der Waals surface area contributed by atoms with Crippen molar-refractivity contribution in [3.8, 4) is 11.5 Å². The number of fused-ring (bicyclic) bond motifs is 1. The smallest absolute Gasteiger partial charge is 0.123 e. The van der Waals surface area contributed by atoms with E-state index in [4.69, 9.17) is 9.47 Å². The summed E-state index contributed by atoms with van der Waals surface area (Å²) < 4.78 is 11.5. The molecular weight excluding hydrogens is 212 g/mol. The Kier molecular flexibility index (Phi) is 3.60. The van der Waals surface area contributed by atoms with E-state index in [1.165, 1.54) is 11.1 Å². The van der Waals surface area contributed by atoms with Crippen molar-refractivity contribution in [2.24, 2.45) is 5.92 Å². The van der Waals surface area contributed by atoms with Crippen molar-refractivity contribution in [2.45, 2.75) is 46.6 Å². The summed E-state index contributed by atoms with van der Waals surface area (Å²) in [6.45, 7) is 9.33. The zero-order chi connectivity index (χ0) is 12.4. The highest BCUT2D eigenvalue weighted by molar-refractivity contribution is 5.48. The lowest BCUT2D eigenvalue weighted by Crippen LogP contribution is -2.05. The molecule has 94 valence electrons. The Morgan fingerprint density at radius 2 is 2.18 bits per heavy atom. The van der Waals surface area contributed by atoms with E-state index >= 15 is 0 Å². The van der Waals surface area contributed by atoms with Crippen LogP contribution in [0.1, 0.15) is 38.8 Å². The fraction of sp³-hybridized carbons (Fsp3) is 0.600. The number of ether oxygens (including phenoxy) is 2. The summed E-state index contributed by atoms with van der Waals surface area (Å²) in [5.74, 6) is 2.72. The molecule has 2 heteroatoms. The molecule has 0 amide bonds. The van der Waals surface area contributed by atoms with E-state index < -0.39 is 0 Å². The molecule has 0 N–H and O–H groups in total. The third-order valence-corrected chi connectivity index (χ3v) is 3.01. The molecule has 0 saturated heterocycles. The summed E-state index contributed by atoms with van der Waals surface area (Å²) in [6.07, 6.45) is 2.34. The second-order valence-electron chi connectivity index (χ2n) is 5.23. The fourth-order valence-electron chi connectivity index (χ4n) is 2.37. The van der Waals surface area contributed by atoms with Crippen LogP contribution in [0.4, 0.5) is 0 Å². The van der Waals surface area contributed by atoms with E-state index in [1.807, 2.05) is 6.92 Å². The molecule has 0 saturated carbocycles. The molecule has 0 fully saturated rings. The van der Waals surface area contributed by atoms with E-state index in [1.54, 1.807) is 0 Å². The molecule has 1 aliphatic heterocycles. The molecule has 1 unspecified atom stereocenters. The monoisotopic (exact) mass is 234 g/mol. The average Bonchev–Trinajstić information content (AvgIpc) is 2.57. The largest absolute Gasteiger partial charge is 0.494 e. The first-order valence-electron chi connectivity index (χ1n) is 6.55. The third kappa shape index (κ3) is 2.74. The van der Waals surface area contributed by atoms with Crippen LogP contribution in [-0.4, -0.2) is 12.7 Å². The van der Waals surface area contributed by atoms with Gasteiger partial charge in [-0.25, -0.2) is 0 Å². The highest BCUT2D eigenvalue weighted by atomic mass is 16.5. The molecule has 1 atom stereocenters. The van der Waals surface area contributed by atoms with Gasteiger partial charge in [-0.1, -0.05) is 13.8 Å². The number of rotatable bonds is 4. The molecule has 1 aliphatic rings. The average molecular weight is 234 g/mol. The van der Waals surface area contributed by atoms with Crippen molar-refractivity contribution >= 4 is 0 Å². The summed E-state index contributed by atoms with van der Waals surface area (Å²) in [7, 11) is 0. The molecule has 0 spiro atoms. The molecule has 0 radical (unpaired) electrons. The predicted octanol–water partition coefficient (Wildman–Crippen LogP) is 3.61. The van der Waals surface area contributed by atoms with Crippen LogP contribution in [-0.2, 0) is 12.8 Å². The highest BCUT2D eigenvalue weighted by Crippen LogP contribution is 2.36. The standard InChI is InChI=1S/C15H22O2/c1-5-16-14-8-13-7-11(4)17-15(13)9-12(14)6-10(2)3/h8-11H,5-7H2,1-4H3. The minimum absolute atomic E-state index is 0.300. The maximum Gasteiger partial charge on any atom is 0.123 e. The van der Waals surface area contributed by atoms with Crippen LogP contribution >= 0.6 is 0 Å². The van der Waals surface area contributed by atoms with Crippen LogP contribution in [0.15, 0.2) is 12.1 Å². The Morgan fingerprint density at radius 1 is 1.41 bits per heavy atom. The maximum absolute atomic E-state index is 5.81. The lowest BCUT2D eigenvalue weighted by Gasteiger charge is -2.14. The topological polar surface area (TPSA) is 18.5 Å². The van der Waals surface area contributed by atoms with Crippen LogP contribution in [0, 0.1) is 5.92 Å². The van der Waals surface area contributed by atoms with Gasteiger partial charge in [0.05, 0.1) is 6.61 Å². The Balaban J connectivity index is 2.32. The van der Waals surface area contributed by atoms with Gasteiger partial charge >= 0.3 is 0 Å². The Bertz CT molecular complexity index is 396. The van der Waals surface area contributed by atoms with Gasteiger partial charge in [0.25, 0.3) is 0 Å². The fourth-order valence-corrected chi connectivity index (χ4v) is 2.37. The molecule has 1 heterocycles. The first-order valence-corrected chi connectivity index (χ1v) is 6.55. The van der Waals surface area contributed by atoms with Crippen LogP contribution < -0.4 is 9.47 Å². The minimum Gasteiger partial charge on any atom is -0.494 e. The van der Waals surface area contributed by atoms with Crippen molar-refractivity contribution in [3.05, 3.63) is 23.3 Å². The van der Waals surface area contributed by atoms with Crippen LogP contribution in [0.5, 0.6) is 11.5 Å². The van der Waals surface area contributed by atoms with Crippen LogP contribution in [0.25, 0.3) is 0 Å². The summed E-state index contributed by atoms with van der Waals surface area (Å²) in [5, 5.41) is 0. The van der Waals surface area contributed by atoms with Crippen molar-refractivity contribution in [1.29, 1.82) is 0 Å². The molecule has 0 bridgehead atoms. The van der Waals surface area contributed by atoms with Crippen molar-refractivity contribution in [3.63, 3.8) is 0 Å². The molecule has 17 heavy (non-hydrogen) atoms. The predicted molar refractivity (Wildman–Crippen MR) is 69.9 cm³/mol. The van der Waals surface area contributed by atoms with Gasteiger partial charge in [-0.15, -0.1) is 0 Å². The van der Waals surface area contributed by atoms with Crippen molar-refractivity contribution in [2.75, 3.05) is 6.61 Å². The van der Waals surface area contributed by atoms with E-state index in [9.17, 15) is 0 Å². The Morgan fingerprint density at radius 3 is 2.82 bits per heavy atom. The Labute approximate surface area is 104 Å². The SMILES string of the molecule is CCOc1cc2c(cc1CC(C)C)OC(C)C2. The van der Waals surface area contributed by atoms with E-state index in [2.05, 4.69) is 32.9 Å². The summed E-state index contributed by atoms with van der Waals surface area (Å²) >= 11 is 0. The molecule has 2 rings (SSSR count). The molecule has 1 aromatic rings. The molecule has 1 aromatic carbocycles. The van der Waals surface area contributed by atoms with Gasteiger partial charge in [-0.2, -0.15) is 0 Å². The quantitative estimate of drug-likeness (QED) is 0.792.